The van der Waals surface area contributed by atoms with Crippen LogP contribution in [0.5, 0.6) is 0 Å². The predicted octanol–water partition coefficient (Wildman–Crippen LogP) is 3.14. The number of carbonyl (C=O) groups is 2. The molecule has 1 saturated carbocycles. The zero-order valence-electron chi connectivity index (χ0n) is 19.1. The van der Waals surface area contributed by atoms with Gasteiger partial charge in [-0.25, -0.2) is 4.39 Å². The highest BCUT2D eigenvalue weighted by molar-refractivity contribution is 5.91. The summed E-state index contributed by atoms with van der Waals surface area (Å²) >= 11 is 0. The summed E-state index contributed by atoms with van der Waals surface area (Å²) in [5, 5.41) is 12.4. The van der Waals surface area contributed by atoms with E-state index in [0.717, 1.165) is 55.6 Å². The Hall–Kier alpha value is -3.47. The number of hydrogen-bond acceptors (Lipinski definition) is 5. The number of carbonyl (C=O) groups excluding carboxylic acids is 2. The second kappa shape index (κ2) is 9.05. The molecule has 1 saturated heterocycles. The number of anilines is 1. The van der Waals surface area contributed by atoms with E-state index in [-0.39, 0.29) is 18.2 Å². The van der Waals surface area contributed by atoms with E-state index < -0.39 is 11.2 Å². The van der Waals surface area contributed by atoms with Crippen molar-refractivity contribution in [3.05, 3.63) is 59.2 Å². The molecule has 3 aliphatic rings. The van der Waals surface area contributed by atoms with Crippen LogP contribution < -0.4 is 10.2 Å². The maximum Gasteiger partial charge on any atom is 0.229 e. The molecule has 1 N–H and O–H groups in total. The Bertz CT molecular complexity index is 1120. The van der Waals surface area contributed by atoms with E-state index in [1.165, 1.54) is 12.1 Å². The second-order valence-electron chi connectivity index (χ2n) is 9.77. The third kappa shape index (κ3) is 4.47. The lowest BCUT2D eigenvalue weighted by atomic mass is 9.95. The number of nitriles is 1. The van der Waals surface area contributed by atoms with Crippen LogP contribution in [0.4, 0.5) is 10.1 Å². The average molecular weight is 462 g/mol. The molecule has 2 aromatic rings. The Morgan fingerprint density at radius 1 is 1.18 bits per heavy atom. The first-order valence-corrected chi connectivity index (χ1v) is 11.9. The second-order valence-corrected chi connectivity index (χ2v) is 9.77. The van der Waals surface area contributed by atoms with Gasteiger partial charge in [0.2, 0.25) is 11.8 Å². The van der Waals surface area contributed by atoms with E-state index in [0.29, 0.717) is 31.1 Å². The van der Waals surface area contributed by atoms with Crippen molar-refractivity contribution in [2.75, 3.05) is 24.5 Å². The topological polar surface area (TPSA) is 89.3 Å². The number of fused-ring (bicyclic) bond motifs is 1. The van der Waals surface area contributed by atoms with Crippen LogP contribution in [0.3, 0.4) is 0 Å². The van der Waals surface area contributed by atoms with Gasteiger partial charge in [0, 0.05) is 51.5 Å². The first-order chi connectivity index (χ1) is 16.5. The van der Waals surface area contributed by atoms with Crippen molar-refractivity contribution < 1.29 is 14.0 Å². The number of nitrogens with zero attached hydrogens (tertiary/aromatic N) is 4. The number of aromatic nitrogens is 1. The van der Waals surface area contributed by atoms with Gasteiger partial charge in [-0.05, 0) is 67.0 Å². The molecule has 1 aromatic heterocycles. The molecular formula is C26H28FN5O2. The molecule has 1 aromatic carbocycles. The Labute approximate surface area is 198 Å². The fourth-order valence-electron chi connectivity index (χ4n) is 5.20. The van der Waals surface area contributed by atoms with Crippen LogP contribution in [0.25, 0.3) is 0 Å². The fourth-order valence-corrected chi connectivity index (χ4v) is 5.20. The van der Waals surface area contributed by atoms with Crippen molar-refractivity contribution in [3.8, 4) is 6.07 Å². The lowest BCUT2D eigenvalue weighted by Gasteiger charge is -2.34. The minimum atomic E-state index is -0.542. The maximum absolute atomic E-state index is 13.4. The molecule has 2 amide bonds. The molecule has 0 bridgehead atoms. The van der Waals surface area contributed by atoms with Crippen molar-refractivity contribution in [2.24, 2.45) is 11.3 Å². The summed E-state index contributed by atoms with van der Waals surface area (Å²) in [7, 11) is 0. The number of halogens is 1. The molecule has 2 fully saturated rings. The van der Waals surface area contributed by atoms with E-state index in [2.05, 4.69) is 21.3 Å². The molecule has 34 heavy (non-hydrogen) atoms. The Kier molecular flexibility index (Phi) is 5.94. The lowest BCUT2D eigenvalue weighted by Crippen LogP contribution is -2.41. The molecular weight excluding hydrogens is 433 g/mol. The molecule has 7 nitrogen and oxygen atoms in total. The fraction of sp³-hybridized carbons (Fsp3) is 0.462. The zero-order valence-corrected chi connectivity index (χ0v) is 19.1. The van der Waals surface area contributed by atoms with Gasteiger partial charge in [-0.2, -0.15) is 5.26 Å². The summed E-state index contributed by atoms with van der Waals surface area (Å²) in [6.45, 7) is 3.28. The van der Waals surface area contributed by atoms with E-state index in [1.54, 1.807) is 12.3 Å². The Morgan fingerprint density at radius 3 is 2.65 bits per heavy atom. The third-order valence-corrected chi connectivity index (χ3v) is 7.44. The van der Waals surface area contributed by atoms with Gasteiger partial charge in [0.25, 0.3) is 0 Å². The van der Waals surface area contributed by atoms with Crippen LogP contribution in [0.15, 0.2) is 36.7 Å². The molecule has 0 spiro atoms. The van der Waals surface area contributed by atoms with Crippen molar-refractivity contribution >= 4 is 17.5 Å². The number of hydrogen-bond donors (Lipinski definition) is 1. The highest BCUT2D eigenvalue weighted by Gasteiger charge is 2.53. The van der Waals surface area contributed by atoms with Crippen LogP contribution in [-0.4, -0.2) is 41.3 Å². The summed E-state index contributed by atoms with van der Waals surface area (Å²) in [6.07, 6.45) is 7.11. The van der Waals surface area contributed by atoms with Gasteiger partial charge in [0.15, 0.2) is 0 Å². The first kappa shape index (κ1) is 22.3. The molecule has 176 valence electrons. The van der Waals surface area contributed by atoms with E-state index in [9.17, 15) is 19.2 Å². The molecule has 1 aliphatic carbocycles. The standard InChI is InChI=1S/C26H28FN5O2/c27-22-1-2-23(20(11-22)13-28)31-9-4-18(5-10-31)14-30-24(33)12-26(6-7-26)25(34)32-16-19-3-8-29-15-21(19)17-32/h1-3,8,11,15,18H,4-7,9-10,12,14,16-17H2,(H,30,33). The van der Waals surface area contributed by atoms with Gasteiger partial charge in [0.05, 0.1) is 16.7 Å². The van der Waals surface area contributed by atoms with Crippen molar-refractivity contribution in [3.63, 3.8) is 0 Å². The molecule has 0 unspecified atom stereocenters. The number of pyridine rings is 1. The highest BCUT2D eigenvalue weighted by Crippen LogP contribution is 2.51. The molecule has 0 atom stereocenters. The van der Waals surface area contributed by atoms with Crippen LogP contribution >= 0.6 is 0 Å². The minimum absolute atomic E-state index is 0.0584. The largest absolute Gasteiger partial charge is 0.370 e. The van der Waals surface area contributed by atoms with Gasteiger partial charge in [-0.15, -0.1) is 0 Å². The van der Waals surface area contributed by atoms with Gasteiger partial charge in [-0.1, -0.05) is 0 Å². The third-order valence-electron chi connectivity index (χ3n) is 7.44. The SMILES string of the molecule is N#Cc1cc(F)ccc1N1CCC(CNC(=O)CC2(C(=O)N3Cc4ccncc4C3)CC2)CC1. The normalized spacial score (nSPS) is 18.8. The summed E-state index contributed by atoms with van der Waals surface area (Å²) < 4.78 is 13.4. The Balaban J connectivity index is 1.09. The van der Waals surface area contributed by atoms with E-state index in [4.69, 9.17) is 0 Å². The number of rotatable bonds is 6. The van der Waals surface area contributed by atoms with E-state index in [1.807, 2.05) is 17.2 Å². The van der Waals surface area contributed by atoms with Crippen LogP contribution in [0, 0.1) is 28.5 Å². The van der Waals surface area contributed by atoms with Gasteiger partial charge < -0.3 is 15.1 Å². The van der Waals surface area contributed by atoms with Gasteiger partial charge in [-0.3, -0.25) is 14.6 Å². The summed E-state index contributed by atoms with van der Waals surface area (Å²) in [4.78, 5) is 34.0. The predicted molar refractivity (Wildman–Crippen MR) is 124 cm³/mol. The zero-order chi connectivity index (χ0) is 23.7. The van der Waals surface area contributed by atoms with Gasteiger partial charge >= 0.3 is 0 Å². The molecule has 5 rings (SSSR count). The molecule has 2 aliphatic heterocycles. The summed E-state index contributed by atoms with van der Waals surface area (Å²) in [6, 6.07) is 8.35. The summed E-state index contributed by atoms with van der Waals surface area (Å²) in [5.41, 5.74) is 2.80. The maximum atomic E-state index is 13.4. The first-order valence-electron chi connectivity index (χ1n) is 11.9. The van der Waals surface area contributed by atoms with Crippen molar-refractivity contribution in [1.82, 2.24) is 15.2 Å². The van der Waals surface area contributed by atoms with Crippen LogP contribution in [0.2, 0.25) is 0 Å². The smallest absolute Gasteiger partial charge is 0.229 e. The number of nitrogens with one attached hydrogen (secondary N) is 1. The number of benzene rings is 1. The van der Waals surface area contributed by atoms with Gasteiger partial charge in [0.1, 0.15) is 11.9 Å². The highest BCUT2D eigenvalue weighted by atomic mass is 19.1. The van der Waals surface area contributed by atoms with E-state index >= 15 is 0 Å². The Morgan fingerprint density at radius 2 is 1.94 bits per heavy atom. The van der Waals surface area contributed by atoms with Crippen LogP contribution in [0.1, 0.15) is 48.8 Å². The quantitative estimate of drug-likeness (QED) is 0.714. The van der Waals surface area contributed by atoms with Crippen molar-refractivity contribution in [2.45, 2.75) is 45.2 Å². The molecule has 3 heterocycles. The van der Waals surface area contributed by atoms with Crippen molar-refractivity contribution in [1.29, 1.82) is 5.26 Å². The summed E-state index contributed by atoms with van der Waals surface area (Å²) in [5.74, 6) is -0.0366. The van der Waals surface area contributed by atoms with Crippen LogP contribution in [-0.2, 0) is 22.7 Å². The minimum Gasteiger partial charge on any atom is -0.370 e. The number of amides is 2. The lowest BCUT2D eigenvalue weighted by molar-refractivity contribution is -0.140. The number of piperidine rings is 1. The monoisotopic (exact) mass is 461 g/mol. The molecule has 0 radical (unpaired) electrons. The molecule has 8 heteroatoms. The average Bonchev–Trinajstić information content (AvgIpc) is 3.50.